The van der Waals surface area contributed by atoms with Crippen molar-refractivity contribution in [2.24, 2.45) is 5.73 Å². The SMILES string of the molecule is CCc1c(C#N)c(Cl)nc(N(C)CC(N)=O)c1C#N. The van der Waals surface area contributed by atoms with Gasteiger partial charge in [-0.1, -0.05) is 18.5 Å². The van der Waals surface area contributed by atoms with E-state index in [0.29, 0.717) is 12.0 Å². The number of nitrogens with two attached hydrogens (primary N) is 1. The van der Waals surface area contributed by atoms with Gasteiger partial charge in [-0.25, -0.2) is 4.98 Å². The lowest BCUT2D eigenvalue weighted by Crippen LogP contribution is -2.32. The Balaban J connectivity index is 3.51. The molecule has 0 aliphatic heterocycles. The summed E-state index contributed by atoms with van der Waals surface area (Å²) in [5, 5.41) is 18.3. The molecule has 0 radical (unpaired) electrons. The van der Waals surface area contributed by atoms with Gasteiger partial charge in [-0.2, -0.15) is 10.5 Å². The number of nitrogens with zero attached hydrogens (tertiary/aromatic N) is 4. The van der Waals surface area contributed by atoms with Crippen LogP contribution in [0.5, 0.6) is 0 Å². The van der Waals surface area contributed by atoms with E-state index in [1.807, 2.05) is 19.1 Å². The number of nitriles is 2. The Labute approximate surface area is 116 Å². The second-order valence-corrected chi connectivity index (χ2v) is 4.21. The van der Waals surface area contributed by atoms with Crippen LogP contribution >= 0.6 is 11.6 Å². The fraction of sp³-hybridized carbons (Fsp3) is 0.333. The van der Waals surface area contributed by atoms with Gasteiger partial charge >= 0.3 is 0 Å². The summed E-state index contributed by atoms with van der Waals surface area (Å²) in [6, 6.07) is 3.95. The summed E-state index contributed by atoms with van der Waals surface area (Å²) in [4.78, 5) is 16.4. The minimum absolute atomic E-state index is 0.0182. The lowest BCUT2D eigenvalue weighted by molar-refractivity contribution is -0.116. The molecule has 0 bridgehead atoms. The zero-order valence-electron chi connectivity index (χ0n) is 10.6. The number of aromatic nitrogens is 1. The predicted molar refractivity (Wildman–Crippen MR) is 70.5 cm³/mol. The molecule has 1 aromatic heterocycles. The van der Waals surface area contributed by atoms with Crippen LogP contribution in [-0.2, 0) is 11.2 Å². The number of amides is 1. The number of carbonyl (C=O) groups excluding carboxylic acids is 1. The first-order valence-electron chi connectivity index (χ1n) is 5.48. The average molecular weight is 278 g/mol. The molecule has 0 saturated heterocycles. The molecule has 0 saturated carbocycles. The number of hydrogen-bond donors (Lipinski definition) is 1. The highest BCUT2D eigenvalue weighted by Crippen LogP contribution is 2.28. The summed E-state index contributed by atoms with van der Waals surface area (Å²) in [5.74, 6) is -0.297. The zero-order valence-corrected chi connectivity index (χ0v) is 11.3. The molecule has 98 valence electrons. The van der Waals surface area contributed by atoms with Crippen molar-refractivity contribution >= 4 is 23.3 Å². The summed E-state index contributed by atoms with van der Waals surface area (Å²) in [5.41, 5.74) is 6.07. The van der Waals surface area contributed by atoms with Crippen LogP contribution in [0.3, 0.4) is 0 Å². The van der Waals surface area contributed by atoms with Gasteiger partial charge < -0.3 is 10.6 Å². The Morgan fingerprint density at radius 1 is 1.42 bits per heavy atom. The second-order valence-electron chi connectivity index (χ2n) is 3.85. The normalized spacial score (nSPS) is 9.53. The zero-order chi connectivity index (χ0) is 14.6. The highest BCUT2D eigenvalue weighted by atomic mass is 35.5. The van der Waals surface area contributed by atoms with Crippen molar-refractivity contribution in [3.05, 3.63) is 21.8 Å². The number of anilines is 1. The minimum Gasteiger partial charge on any atom is -0.368 e. The summed E-state index contributed by atoms with van der Waals surface area (Å²) >= 11 is 5.94. The van der Waals surface area contributed by atoms with Crippen molar-refractivity contribution < 1.29 is 4.79 Å². The third-order valence-corrected chi connectivity index (χ3v) is 2.84. The van der Waals surface area contributed by atoms with E-state index in [9.17, 15) is 10.1 Å². The standard InChI is InChI=1S/C12H12ClN5O/c1-3-7-8(4-14)11(13)17-12(9(7)5-15)18(2)6-10(16)19/h3,6H2,1-2H3,(H2,16,19). The van der Waals surface area contributed by atoms with Crippen molar-refractivity contribution in [1.82, 2.24) is 4.98 Å². The van der Waals surface area contributed by atoms with Gasteiger partial charge in [0.1, 0.15) is 23.1 Å². The van der Waals surface area contributed by atoms with Gasteiger partial charge in [0.2, 0.25) is 5.91 Å². The molecular formula is C12H12ClN5O. The molecule has 1 rings (SSSR count). The summed E-state index contributed by atoms with van der Waals surface area (Å²) in [7, 11) is 1.58. The Bertz CT molecular complexity index is 600. The van der Waals surface area contributed by atoms with Crippen molar-refractivity contribution in [2.75, 3.05) is 18.5 Å². The molecule has 2 N–H and O–H groups in total. The number of carbonyl (C=O) groups is 1. The molecule has 7 heteroatoms. The maximum Gasteiger partial charge on any atom is 0.236 e. The van der Waals surface area contributed by atoms with Crippen LogP contribution in [0.1, 0.15) is 23.6 Å². The largest absolute Gasteiger partial charge is 0.368 e. The second kappa shape index (κ2) is 6.03. The first-order valence-corrected chi connectivity index (χ1v) is 5.86. The third kappa shape index (κ3) is 2.93. The predicted octanol–water partition coefficient (Wildman–Crippen LogP) is 0.962. The van der Waals surface area contributed by atoms with E-state index >= 15 is 0 Å². The fourth-order valence-electron chi connectivity index (χ4n) is 1.76. The van der Waals surface area contributed by atoms with Gasteiger partial charge in [0, 0.05) is 7.05 Å². The molecule has 0 aromatic carbocycles. The molecule has 0 spiro atoms. The van der Waals surface area contributed by atoms with Crippen LogP contribution in [0.4, 0.5) is 5.82 Å². The lowest BCUT2D eigenvalue weighted by Gasteiger charge is -2.19. The number of primary amides is 1. The number of rotatable bonds is 4. The summed E-state index contributed by atoms with van der Waals surface area (Å²) in [6.45, 7) is 1.72. The van der Waals surface area contributed by atoms with Crippen molar-refractivity contribution in [3.8, 4) is 12.1 Å². The number of likely N-dealkylation sites (N-methyl/N-ethyl adjacent to an activating group) is 1. The molecule has 6 nitrogen and oxygen atoms in total. The molecule has 0 atom stereocenters. The lowest BCUT2D eigenvalue weighted by atomic mass is 10.0. The van der Waals surface area contributed by atoms with E-state index in [2.05, 4.69) is 4.98 Å². The quantitative estimate of drug-likeness (QED) is 0.825. The van der Waals surface area contributed by atoms with E-state index in [4.69, 9.17) is 22.6 Å². The smallest absolute Gasteiger partial charge is 0.236 e. The Morgan fingerprint density at radius 3 is 2.42 bits per heavy atom. The monoisotopic (exact) mass is 277 g/mol. The van der Waals surface area contributed by atoms with Gasteiger partial charge in [0.05, 0.1) is 17.7 Å². The molecule has 0 unspecified atom stereocenters. The maximum absolute atomic E-state index is 10.9. The summed E-state index contributed by atoms with van der Waals surface area (Å²) in [6.07, 6.45) is 0.464. The van der Waals surface area contributed by atoms with Crippen LogP contribution in [0.15, 0.2) is 0 Å². The summed E-state index contributed by atoms with van der Waals surface area (Å²) < 4.78 is 0. The van der Waals surface area contributed by atoms with Gasteiger partial charge in [0.25, 0.3) is 0 Å². The molecule has 1 aromatic rings. The van der Waals surface area contributed by atoms with E-state index in [1.165, 1.54) is 4.90 Å². The first kappa shape index (κ1) is 14.7. The molecule has 0 aliphatic rings. The number of hydrogen-bond acceptors (Lipinski definition) is 5. The van der Waals surface area contributed by atoms with Crippen LogP contribution < -0.4 is 10.6 Å². The van der Waals surface area contributed by atoms with Crippen LogP contribution in [0.25, 0.3) is 0 Å². The highest BCUT2D eigenvalue weighted by Gasteiger charge is 2.20. The average Bonchev–Trinajstić information content (AvgIpc) is 2.36. The third-order valence-electron chi connectivity index (χ3n) is 2.57. The van der Waals surface area contributed by atoms with E-state index < -0.39 is 5.91 Å². The van der Waals surface area contributed by atoms with E-state index in [-0.39, 0.29) is 28.6 Å². The highest BCUT2D eigenvalue weighted by molar-refractivity contribution is 6.30. The van der Waals surface area contributed by atoms with E-state index in [0.717, 1.165) is 0 Å². The molecule has 0 aliphatic carbocycles. The number of pyridine rings is 1. The molecule has 1 heterocycles. The van der Waals surface area contributed by atoms with E-state index in [1.54, 1.807) is 7.05 Å². The van der Waals surface area contributed by atoms with Crippen LogP contribution in [-0.4, -0.2) is 24.5 Å². The molecule has 1 amide bonds. The van der Waals surface area contributed by atoms with Crippen molar-refractivity contribution in [3.63, 3.8) is 0 Å². The van der Waals surface area contributed by atoms with Crippen LogP contribution in [0, 0.1) is 22.7 Å². The fourth-order valence-corrected chi connectivity index (χ4v) is 2.00. The number of halogens is 1. The molecule has 19 heavy (non-hydrogen) atoms. The Morgan fingerprint density at radius 2 is 2.00 bits per heavy atom. The Hall–Kier alpha value is -2.31. The van der Waals surface area contributed by atoms with Gasteiger partial charge in [-0.05, 0) is 12.0 Å². The van der Waals surface area contributed by atoms with Gasteiger partial charge in [0.15, 0.2) is 0 Å². The molecule has 0 fully saturated rings. The van der Waals surface area contributed by atoms with Gasteiger partial charge in [-0.15, -0.1) is 0 Å². The first-order chi connectivity index (χ1) is 8.96. The van der Waals surface area contributed by atoms with Crippen molar-refractivity contribution in [2.45, 2.75) is 13.3 Å². The topological polar surface area (TPSA) is 107 Å². The van der Waals surface area contributed by atoms with Crippen molar-refractivity contribution in [1.29, 1.82) is 10.5 Å². The Kier molecular flexibility index (Phi) is 4.68. The van der Waals surface area contributed by atoms with Crippen LogP contribution in [0.2, 0.25) is 5.15 Å². The minimum atomic E-state index is -0.549. The van der Waals surface area contributed by atoms with Gasteiger partial charge in [-0.3, -0.25) is 4.79 Å². The molecular weight excluding hydrogens is 266 g/mol. The maximum atomic E-state index is 10.9.